The number of hydrogen-bond acceptors (Lipinski definition) is 3. The second kappa shape index (κ2) is 8.02. The molecule has 0 radical (unpaired) electrons. The van der Waals surface area contributed by atoms with Crippen LogP contribution in [0.4, 0.5) is 0 Å². The van der Waals surface area contributed by atoms with Gasteiger partial charge in [0.2, 0.25) is 0 Å². The number of amides is 1. The van der Waals surface area contributed by atoms with E-state index in [0.29, 0.717) is 12.0 Å². The molecule has 0 aromatic heterocycles. The van der Waals surface area contributed by atoms with E-state index < -0.39 is 5.60 Å². The summed E-state index contributed by atoms with van der Waals surface area (Å²) in [7, 11) is 1.89. The van der Waals surface area contributed by atoms with Crippen molar-refractivity contribution in [2.24, 2.45) is 0 Å². The number of hydrogen-bond donors (Lipinski definition) is 3. The summed E-state index contributed by atoms with van der Waals surface area (Å²) in [6.45, 7) is 4.88. The molecule has 0 spiro atoms. The molecule has 0 bridgehead atoms. The van der Waals surface area contributed by atoms with Gasteiger partial charge in [0.05, 0.1) is 5.60 Å². The molecular weight excluding hydrogens is 252 g/mol. The minimum Gasteiger partial charge on any atom is -0.388 e. The quantitative estimate of drug-likeness (QED) is 0.678. The van der Waals surface area contributed by atoms with E-state index in [1.54, 1.807) is 6.92 Å². The zero-order valence-electron chi connectivity index (χ0n) is 12.7. The van der Waals surface area contributed by atoms with Crippen LogP contribution in [0.5, 0.6) is 0 Å². The molecule has 0 aliphatic heterocycles. The Labute approximate surface area is 121 Å². The van der Waals surface area contributed by atoms with Crippen molar-refractivity contribution in [3.05, 3.63) is 35.4 Å². The van der Waals surface area contributed by atoms with E-state index in [1.807, 2.05) is 38.2 Å². The van der Waals surface area contributed by atoms with Crippen LogP contribution in [0.15, 0.2) is 24.3 Å². The molecule has 1 aromatic rings. The van der Waals surface area contributed by atoms with Gasteiger partial charge in [0.15, 0.2) is 0 Å². The SMILES string of the molecule is CCCC(C)(O)CNC(=O)c1ccccc1CCNC. The Hall–Kier alpha value is -1.39. The molecular formula is C16H26N2O2. The standard InChI is InChI=1S/C16H26N2O2/c1-4-10-16(2,20)12-18-15(19)14-8-6-5-7-13(14)9-11-17-3/h5-8,17,20H,4,9-12H2,1-3H3,(H,18,19). The van der Waals surface area contributed by atoms with Crippen LogP contribution >= 0.6 is 0 Å². The van der Waals surface area contributed by atoms with Crippen molar-refractivity contribution in [1.82, 2.24) is 10.6 Å². The molecule has 1 amide bonds. The minimum atomic E-state index is -0.843. The number of benzene rings is 1. The lowest BCUT2D eigenvalue weighted by Crippen LogP contribution is -2.40. The van der Waals surface area contributed by atoms with Crippen molar-refractivity contribution in [1.29, 1.82) is 0 Å². The van der Waals surface area contributed by atoms with Gasteiger partial charge in [0.1, 0.15) is 0 Å². The summed E-state index contributed by atoms with van der Waals surface area (Å²) in [4.78, 5) is 12.2. The summed E-state index contributed by atoms with van der Waals surface area (Å²) in [5.41, 5.74) is 0.870. The Kier molecular flexibility index (Phi) is 6.68. The molecule has 1 unspecified atom stereocenters. The highest BCUT2D eigenvalue weighted by Gasteiger charge is 2.20. The highest BCUT2D eigenvalue weighted by Crippen LogP contribution is 2.12. The monoisotopic (exact) mass is 278 g/mol. The summed E-state index contributed by atoms with van der Waals surface area (Å²) >= 11 is 0. The van der Waals surface area contributed by atoms with Crippen LogP contribution in [0.2, 0.25) is 0 Å². The van der Waals surface area contributed by atoms with Crippen molar-refractivity contribution < 1.29 is 9.90 Å². The number of rotatable bonds is 8. The lowest BCUT2D eigenvalue weighted by atomic mass is 10.00. The second-order valence-corrected chi connectivity index (χ2v) is 5.44. The molecule has 4 heteroatoms. The second-order valence-electron chi connectivity index (χ2n) is 5.44. The third-order valence-electron chi connectivity index (χ3n) is 3.32. The van der Waals surface area contributed by atoms with Gasteiger partial charge in [-0.3, -0.25) is 4.79 Å². The molecule has 1 atom stereocenters. The van der Waals surface area contributed by atoms with Gasteiger partial charge >= 0.3 is 0 Å². The molecule has 112 valence electrons. The Balaban J connectivity index is 2.67. The average Bonchev–Trinajstić information content (AvgIpc) is 2.43. The maximum absolute atomic E-state index is 12.2. The molecule has 0 aliphatic carbocycles. The summed E-state index contributed by atoms with van der Waals surface area (Å²) < 4.78 is 0. The maximum Gasteiger partial charge on any atom is 0.251 e. The van der Waals surface area contributed by atoms with Crippen LogP contribution in [-0.2, 0) is 6.42 Å². The highest BCUT2D eigenvalue weighted by atomic mass is 16.3. The van der Waals surface area contributed by atoms with Gasteiger partial charge in [-0.05, 0) is 45.0 Å². The van der Waals surface area contributed by atoms with Gasteiger partial charge in [-0.1, -0.05) is 31.5 Å². The lowest BCUT2D eigenvalue weighted by Gasteiger charge is -2.23. The summed E-state index contributed by atoms with van der Waals surface area (Å²) in [5.74, 6) is -0.118. The number of carbonyl (C=O) groups is 1. The predicted molar refractivity (Wildman–Crippen MR) is 81.9 cm³/mol. The Morgan fingerprint density at radius 2 is 2.05 bits per heavy atom. The normalized spacial score (nSPS) is 13.8. The first-order valence-electron chi connectivity index (χ1n) is 7.23. The van der Waals surface area contributed by atoms with Crippen molar-refractivity contribution >= 4 is 5.91 Å². The van der Waals surface area contributed by atoms with Gasteiger partial charge in [-0.2, -0.15) is 0 Å². The van der Waals surface area contributed by atoms with E-state index in [0.717, 1.165) is 24.9 Å². The van der Waals surface area contributed by atoms with Crippen LogP contribution < -0.4 is 10.6 Å². The third kappa shape index (κ3) is 5.31. The molecule has 0 saturated heterocycles. The third-order valence-corrected chi connectivity index (χ3v) is 3.32. The molecule has 20 heavy (non-hydrogen) atoms. The fourth-order valence-corrected chi connectivity index (χ4v) is 2.21. The van der Waals surface area contributed by atoms with E-state index in [4.69, 9.17) is 0 Å². The predicted octanol–water partition coefficient (Wildman–Crippen LogP) is 1.73. The fraction of sp³-hybridized carbons (Fsp3) is 0.562. The Morgan fingerprint density at radius 1 is 1.35 bits per heavy atom. The van der Waals surface area contributed by atoms with Crippen LogP contribution in [0.1, 0.15) is 42.6 Å². The van der Waals surface area contributed by atoms with Crippen LogP contribution in [0.3, 0.4) is 0 Å². The van der Waals surface area contributed by atoms with Crippen molar-refractivity contribution in [2.45, 2.75) is 38.7 Å². The number of likely N-dealkylation sites (N-methyl/N-ethyl adjacent to an activating group) is 1. The van der Waals surface area contributed by atoms with E-state index in [-0.39, 0.29) is 12.5 Å². The minimum absolute atomic E-state index is 0.118. The van der Waals surface area contributed by atoms with Crippen molar-refractivity contribution in [3.63, 3.8) is 0 Å². The lowest BCUT2D eigenvalue weighted by molar-refractivity contribution is 0.0469. The number of carbonyl (C=O) groups excluding carboxylic acids is 1. The van der Waals surface area contributed by atoms with Crippen molar-refractivity contribution in [3.8, 4) is 0 Å². The molecule has 0 heterocycles. The average molecular weight is 278 g/mol. The highest BCUT2D eigenvalue weighted by molar-refractivity contribution is 5.95. The van der Waals surface area contributed by atoms with Crippen LogP contribution in [0.25, 0.3) is 0 Å². The molecule has 0 aliphatic rings. The Bertz CT molecular complexity index is 430. The van der Waals surface area contributed by atoms with E-state index in [9.17, 15) is 9.90 Å². The molecule has 4 nitrogen and oxygen atoms in total. The topological polar surface area (TPSA) is 61.4 Å². The summed E-state index contributed by atoms with van der Waals surface area (Å²) in [6, 6.07) is 7.60. The smallest absolute Gasteiger partial charge is 0.251 e. The molecule has 0 saturated carbocycles. The first kappa shape index (κ1) is 16.7. The first-order chi connectivity index (χ1) is 9.50. The largest absolute Gasteiger partial charge is 0.388 e. The van der Waals surface area contributed by atoms with Crippen molar-refractivity contribution in [2.75, 3.05) is 20.1 Å². The molecule has 0 fully saturated rings. The summed E-state index contributed by atoms with van der Waals surface area (Å²) in [5, 5.41) is 16.0. The van der Waals surface area contributed by atoms with Crippen LogP contribution in [-0.4, -0.2) is 36.8 Å². The Morgan fingerprint density at radius 3 is 2.70 bits per heavy atom. The van der Waals surface area contributed by atoms with Gasteiger partial charge in [0.25, 0.3) is 5.91 Å². The molecule has 3 N–H and O–H groups in total. The first-order valence-corrected chi connectivity index (χ1v) is 7.23. The van der Waals surface area contributed by atoms with Crippen LogP contribution in [0, 0.1) is 0 Å². The fourth-order valence-electron chi connectivity index (χ4n) is 2.21. The number of aliphatic hydroxyl groups is 1. The maximum atomic E-state index is 12.2. The number of nitrogens with one attached hydrogen (secondary N) is 2. The van der Waals surface area contributed by atoms with Gasteiger partial charge < -0.3 is 15.7 Å². The van der Waals surface area contributed by atoms with E-state index in [2.05, 4.69) is 10.6 Å². The molecule has 1 aromatic carbocycles. The van der Waals surface area contributed by atoms with Gasteiger partial charge in [0, 0.05) is 12.1 Å². The zero-order valence-corrected chi connectivity index (χ0v) is 12.7. The summed E-state index contributed by atoms with van der Waals surface area (Å²) in [6.07, 6.45) is 2.38. The van der Waals surface area contributed by atoms with E-state index in [1.165, 1.54) is 0 Å². The molecule has 1 rings (SSSR count). The zero-order chi connectivity index (χ0) is 15.0. The van der Waals surface area contributed by atoms with Gasteiger partial charge in [-0.25, -0.2) is 0 Å². The van der Waals surface area contributed by atoms with Gasteiger partial charge in [-0.15, -0.1) is 0 Å². The van der Waals surface area contributed by atoms with E-state index >= 15 is 0 Å².